The number of rotatable bonds is 6. The van der Waals surface area contributed by atoms with E-state index in [1.165, 1.54) is 0 Å². The van der Waals surface area contributed by atoms with Crippen molar-refractivity contribution in [1.82, 2.24) is 10.3 Å². The first-order valence-corrected chi connectivity index (χ1v) is 9.43. The number of hydrogen-bond acceptors (Lipinski definition) is 6. The van der Waals surface area contributed by atoms with Gasteiger partial charge in [0.2, 0.25) is 5.91 Å². The standard InChI is InChI=1S/C18H21N3O4S/c19-15(22)9-20-16(23)10-25-18(24)12-6-2-1-5-11(12)17-21-13-7-3-4-8-14(13)26-17/h3-4,7-8,11-12H,1-2,5-6,9-10H2,(H2,19,22)(H,20,23)/t11-,12-/m1/s1. The molecule has 3 N–H and O–H groups in total. The van der Waals surface area contributed by atoms with Crippen molar-refractivity contribution in [3.05, 3.63) is 29.3 Å². The molecule has 138 valence electrons. The zero-order valence-electron chi connectivity index (χ0n) is 14.3. The van der Waals surface area contributed by atoms with Crippen molar-refractivity contribution in [2.24, 2.45) is 11.7 Å². The first-order chi connectivity index (χ1) is 12.5. The van der Waals surface area contributed by atoms with Gasteiger partial charge in [-0.3, -0.25) is 14.4 Å². The van der Waals surface area contributed by atoms with Crippen LogP contribution in [0.1, 0.15) is 36.6 Å². The molecule has 0 unspecified atom stereocenters. The number of benzene rings is 1. The van der Waals surface area contributed by atoms with Gasteiger partial charge in [-0.05, 0) is 25.0 Å². The van der Waals surface area contributed by atoms with Crippen LogP contribution in [0.5, 0.6) is 0 Å². The number of carbonyl (C=O) groups is 3. The van der Waals surface area contributed by atoms with Gasteiger partial charge >= 0.3 is 5.97 Å². The Labute approximate surface area is 154 Å². The van der Waals surface area contributed by atoms with Crippen LogP contribution in [0, 0.1) is 5.92 Å². The first-order valence-electron chi connectivity index (χ1n) is 8.61. The molecule has 1 saturated carbocycles. The van der Waals surface area contributed by atoms with Gasteiger partial charge in [-0.2, -0.15) is 0 Å². The predicted molar refractivity (Wildman–Crippen MR) is 97.5 cm³/mol. The van der Waals surface area contributed by atoms with E-state index in [0.717, 1.165) is 40.9 Å². The lowest BCUT2D eigenvalue weighted by atomic mass is 9.79. The van der Waals surface area contributed by atoms with E-state index >= 15 is 0 Å². The number of para-hydroxylation sites is 1. The van der Waals surface area contributed by atoms with Gasteiger partial charge in [0.25, 0.3) is 5.91 Å². The lowest BCUT2D eigenvalue weighted by Gasteiger charge is -2.28. The average molecular weight is 375 g/mol. The predicted octanol–water partition coefficient (Wildman–Crippen LogP) is 1.71. The molecule has 8 heteroatoms. The molecular weight excluding hydrogens is 354 g/mol. The first kappa shape index (κ1) is 18.3. The SMILES string of the molecule is NC(=O)CNC(=O)COC(=O)[C@@H]1CCCC[C@H]1c1nc2ccccc2s1. The molecule has 1 heterocycles. The van der Waals surface area contributed by atoms with E-state index in [9.17, 15) is 14.4 Å². The molecule has 26 heavy (non-hydrogen) atoms. The molecule has 2 aromatic rings. The second-order valence-electron chi connectivity index (χ2n) is 6.37. The monoisotopic (exact) mass is 375 g/mol. The van der Waals surface area contributed by atoms with Crippen LogP contribution in [0.15, 0.2) is 24.3 Å². The number of carbonyl (C=O) groups excluding carboxylic acids is 3. The largest absolute Gasteiger partial charge is 0.455 e. The van der Waals surface area contributed by atoms with E-state index in [0.29, 0.717) is 0 Å². The average Bonchev–Trinajstić information content (AvgIpc) is 3.08. The molecule has 1 aromatic carbocycles. The van der Waals surface area contributed by atoms with Crippen LogP contribution in [-0.4, -0.2) is 35.9 Å². The number of amides is 2. The summed E-state index contributed by atoms with van der Waals surface area (Å²) in [6, 6.07) is 7.91. The number of nitrogens with one attached hydrogen (secondary N) is 1. The van der Waals surface area contributed by atoms with E-state index in [2.05, 4.69) is 5.32 Å². The summed E-state index contributed by atoms with van der Waals surface area (Å²) in [6.07, 6.45) is 3.61. The number of primary amides is 1. The minimum Gasteiger partial charge on any atom is -0.455 e. The van der Waals surface area contributed by atoms with E-state index in [4.69, 9.17) is 15.5 Å². The number of aromatic nitrogens is 1. The smallest absolute Gasteiger partial charge is 0.310 e. The van der Waals surface area contributed by atoms with E-state index in [1.54, 1.807) is 11.3 Å². The summed E-state index contributed by atoms with van der Waals surface area (Å²) >= 11 is 1.61. The van der Waals surface area contributed by atoms with Crippen LogP contribution in [0.3, 0.4) is 0 Å². The Kier molecular flexibility index (Phi) is 5.82. The number of thiazole rings is 1. The van der Waals surface area contributed by atoms with Crippen LogP contribution < -0.4 is 11.1 Å². The quantitative estimate of drug-likeness (QED) is 0.747. The third-order valence-corrected chi connectivity index (χ3v) is 5.67. The Morgan fingerprint density at radius 3 is 2.77 bits per heavy atom. The lowest BCUT2D eigenvalue weighted by molar-refractivity contribution is -0.154. The van der Waals surface area contributed by atoms with Gasteiger partial charge in [-0.25, -0.2) is 4.98 Å². The summed E-state index contributed by atoms with van der Waals surface area (Å²) < 4.78 is 6.28. The minimum atomic E-state index is -0.646. The number of nitrogens with two attached hydrogens (primary N) is 1. The molecule has 1 fully saturated rings. The minimum absolute atomic E-state index is 0.0160. The molecule has 0 spiro atoms. The second-order valence-corrected chi connectivity index (χ2v) is 7.43. The Morgan fingerprint density at radius 2 is 2.00 bits per heavy atom. The highest BCUT2D eigenvalue weighted by molar-refractivity contribution is 7.18. The van der Waals surface area contributed by atoms with Crippen LogP contribution >= 0.6 is 11.3 Å². The Bertz CT molecular complexity index is 787. The van der Waals surface area contributed by atoms with Crippen LogP contribution in [0.4, 0.5) is 0 Å². The number of hydrogen-bond donors (Lipinski definition) is 2. The second kappa shape index (κ2) is 8.27. The van der Waals surface area contributed by atoms with Crippen molar-refractivity contribution in [3.63, 3.8) is 0 Å². The molecule has 0 bridgehead atoms. The maximum absolute atomic E-state index is 12.5. The zero-order chi connectivity index (χ0) is 18.5. The fraction of sp³-hybridized carbons (Fsp3) is 0.444. The van der Waals surface area contributed by atoms with Gasteiger partial charge < -0.3 is 15.8 Å². The van der Waals surface area contributed by atoms with Gasteiger partial charge in [0.05, 0.1) is 27.7 Å². The summed E-state index contributed by atoms with van der Waals surface area (Å²) in [5.41, 5.74) is 5.90. The molecule has 0 aliphatic heterocycles. The van der Waals surface area contributed by atoms with Crippen molar-refractivity contribution in [3.8, 4) is 0 Å². The third-order valence-electron chi connectivity index (χ3n) is 4.50. The number of fused-ring (bicyclic) bond motifs is 1. The highest BCUT2D eigenvalue weighted by atomic mass is 32.1. The molecule has 0 radical (unpaired) electrons. The fourth-order valence-corrected chi connectivity index (χ4v) is 4.41. The normalized spacial score (nSPS) is 19.8. The van der Waals surface area contributed by atoms with Gasteiger partial charge in [-0.15, -0.1) is 11.3 Å². The number of esters is 1. The lowest BCUT2D eigenvalue weighted by Crippen LogP contribution is -2.37. The third kappa shape index (κ3) is 4.37. The highest BCUT2D eigenvalue weighted by Crippen LogP contribution is 2.41. The van der Waals surface area contributed by atoms with Crippen molar-refractivity contribution in [1.29, 1.82) is 0 Å². The molecule has 7 nitrogen and oxygen atoms in total. The zero-order valence-corrected chi connectivity index (χ0v) is 15.1. The molecule has 0 saturated heterocycles. The Morgan fingerprint density at radius 1 is 1.23 bits per heavy atom. The van der Waals surface area contributed by atoms with Crippen LogP contribution in [0.2, 0.25) is 0 Å². The summed E-state index contributed by atoms with van der Waals surface area (Å²) in [5, 5.41) is 3.25. The Hall–Kier alpha value is -2.48. The Balaban J connectivity index is 1.65. The van der Waals surface area contributed by atoms with E-state index in [1.807, 2.05) is 24.3 Å². The van der Waals surface area contributed by atoms with Crippen molar-refractivity contribution < 1.29 is 19.1 Å². The van der Waals surface area contributed by atoms with Crippen molar-refractivity contribution in [2.75, 3.05) is 13.2 Å². The number of nitrogens with zero attached hydrogens (tertiary/aromatic N) is 1. The maximum Gasteiger partial charge on any atom is 0.310 e. The summed E-state index contributed by atoms with van der Waals surface area (Å²) in [5.74, 6) is -1.85. The summed E-state index contributed by atoms with van der Waals surface area (Å²) in [7, 11) is 0. The number of ether oxygens (including phenoxy) is 1. The summed E-state index contributed by atoms with van der Waals surface area (Å²) in [4.78, 5) is 39.5. The molecule has 1 aliphatic carbocycles. The molecule has 2 amide bonds. The van der Waals surface area contributed by atoms with Gasteiger partial charge in [0, 0.05) is 5.92 Å². The van der Waals surface area contributed by atoms with Gasteiger partial charge in [0.1, 0.15) is 0 Å². The molecule has 3 rings (SSSR count). The van der Waals surface area contributed by atoms with E-state index in [-0.39, 0.29) is 24.3 Å². The molecule has 1 aliphatic rings. The van der Waals surface area contributed by atoms with Crippen molar-refractivity contribution >= 4 is 39.3 Å². The topological polar surface area (TPSA) is 111 Å². The van der Waals surface area contributed by atoms with E-state index < -0.39 is 18.4 Å². The summed E-state index contributed by atoms with van der Waals surface area (Å²) in [6.45, 7) is -0.677. The fourth-order valence-electron chi connectivity index (χ4n) is 3.24. The maximum atomic E-state index is 12.5. The highest BCUT2D eigenvalue weighted by Gasteiger charge is 2.35. The van der Waals surface area contributed by atoms with Crippen molar-refractivity contribution in [2.45, 2.75) is 31.6 Å². The molecular formula is C18H21N3O4S. The van der Waals surface area contributed by atoms with Crippen LogP contribution in [0.25, 0.3) is 10.2 Å². The molecule has 2 atom stereocenters. The van der Waals surface area contributed by atoms with Gasteiger partial charge in [-0.1, -0.05) is 25.0 Å². The van der Waals surface area contributed by atoms with Gasteiger partial charge in [0.15, 0.2) is 6.61 Å². The molecule has 1 aromatic heterocycles. The van der Waals surface area contributed by atoms with Crippen LogP contribution in [-0.2, 0) is 19.1 Å².